The molecule has 2 N–H and O–H groups in total. The summed E-state index contributed by atoms with van der Waals surface area (Å²) < 4.78 is 7.38. The Labute approximate surface area is 148 Å². The van der Waals surface area contributed by atoms with E-state index in [0.29, 0.717) is 18.9 Å². The van der Waals surface area contributed by atoms with E-state index in [1.165, 1.54) is 5.56 Å². The smallest absolute Gasteiger partial charge is 0.239 e. The van der Waals surface area contributed by atoms with E-state index in [1.54, 1.807) is 11.2 Å². The fourth-order valence-electron chi connectivity index (χ4n) is 3.19. The molecule has 1 aromatic carbocycles. The molecule has 1 fully saturated rings. The molecule has 0 radical (unpaired) electrons. The van der Waals surface area contributed by atoms with Crippen molar-refractivity contribution in [2.24, 2.45) is 11.7 Å². The van der Waals surface area contributed by atoms with E-state index in [0.717, 1.165) is 31.9 Å². The molecule has 1 aromatic heterocycles. The van der Waals surface area contributed by atoms with Gasteiger partial charge in [-0.1, -0.05) is 30.3 Å². The van der Waals surface area contributed by atoms with E-state index in [9.17, 15) is 4.79 Å². The monoisotopic (exact) mass is 342 g/mol. The molecule has 6 nitrogen and oxygen atoms in total. The molecule has 1 saturated heterocycles. The summed E-state index contributed by atoms with van der Waals surface area (Å²) in [4.78, 5) is 18.6. The number of benzene rings is 1. The van der Waals surface area contributed by atoms with Gasteiger partial charge in [-0.05, 0) is 12.0 Å². The van der Waals surface area contributed by atoms with Gasteiger partial charge in [0.05, 0.1) is 24.7 Å². The topological polar surface area (TPSA) is 73.4 Å². The summed E-state index contributed by atoms with van der Waals surface area (Å²) in [5.41, 5.74) is 8.17. The Morgan fingerprint density at radius 2 is 2.24 bits per heavy atom. The van der Waals surface area contributed by atoms with Gasteiger partial charge in [-0.25, -0.2) is 4.98 Å². The first-order chi connectivity index (χ1) is 12.1. The molecule has 1 amide bonds. The molecule has 0 aliphatic carbocycles. The fraction of sp³-hybridized carbons (Fsp3) is 0.474. The summed E-state index contributed by atoms with van der Waals surface area (Å²) in [5.74, 6) is 0.385. The zero-order valence-corrected chi connectivity index (χ0v) is 14.7. The number of aromatic nitrogens is 2. The van der Waals surface area contributed by atoms with Gasteiger partial charge in [0, 0.05) is 45.3 Å². The second-order valence-electron chi connectivity index (χ2n) is 6.78. The first-order valence-electron chi connectivity index (χ1n) is 8.74. The van der Waals surface area contributed by atoms with E-state index >= 15 is 0 Å². The van der Waals surface area contributed by atoms with Gasteiger partial charge in [-0.3, -0.25) is 4.79 Å². The zero-order valence-electron chi connectivity index (χ0n) is 14.7. The van der Waals surface area contributed by atoms with Crippen molar-refractivity contribution in [1.82, 2.24) is 14.5 Å². The van der Waals surface area contributed by atoms with Crippen molar-refractivity contribution in [2.75, 3.05) is 26.8 Å². The molecule has 6 heteroatoms. The lowest BCUT2D eigenvalue weighted by atomic mass is 10.1. The summed E-state index contributed by atoms with van der Waals surface area (Å²) >= 11 is 0. The minimum Gasteiger partial charge on any atom is -0.381 e. The number of ether oxygens (including phenoxy) is 1. The van der Waals surface area contributed by atoms with Crippen LogP contribution in [0.15, 0.2) is 42.9 Å². The molecule has 1 aliphatic heterocycles. The SMILES string of the molecule is CN(CC1CCOC1)C(=O)[C@@H](N)Cc1cn(Cc2ccccc2)cn1. The number of nitrogens with two attached hydrogens (primary N) is 1. The zero-order chi connectivity index (χ0) is 17.6. The molecule has 2 atom stereocenters. The van der Waals surface area contributed by atoms with Gasteiger partial charge in [0.2, 0.25) is 5.91 Å². The highest BCUT2D eigenvalue weighted by atomic mass is 16.5. The van der Waals surface area contributed by atoms with Crippen LogP contribution in [0.3, 0.4) is 0 Å². The molecule has 2 heterocycles. The normalized spacial score (nSPS) is 18.2. The number of amides is 1. The number of hydrogen-bond acceptors (Lipinski definition) is 4. The van der Waals surface area contributed by atoms with Gasteiger partial charge in [0.25, 0.3) is 0 Å². The number of imidazole rings is 1. The molecule has 0 spiro atoms. The number of nitrogens with zero attached hydrogens (tertiary/aromatic N) is 3. The highest BCUT2D eigenvalue weighted by Gasteiger charge is 2.24. The first kappa shape index (κ1) is 17.6. The summed E-state index contributed by atoms with van der Waals surface area (Å²) in [7, 11) is 1.81. The van der Waals surface area contributed by atoms with Crippen LogP contribution in [-0.2, 0) is 22.5 Å². The number of rotatable bonds is 7. The van der Waals surface area contributed by atoms with Crippen LogP contribution in [0, 0.1) is 5.92 Å². The fourth-order valence-corrected chi connectivity index (χ4v) is 3.19. The molecule has 0 bridgehead atoms. The Morgan fingerprint density at radius 1 is 1.44 bits per heavy atom. The highest BCUT2D eigenvalue weighted by Crippen LogP contribution is 2.14. The highest BCUT2D eigenvalue weighted by molar-refractivity contribution is 5.81. The van der Waals surface area contributed by atoms with E-state index in [4.69, 9.17) is 10.5 Å². The van der Waals surface area contributed by atoms with E-state index < -0.39 is 6.04 Å². The van der Waals surface area contributed by atoms with Crippen LogP contribution in [-0.4, -0.2) is 53.2 Å². The summed E-state index contributed by atoms with van der Waals surface area (Å²) in [6.45, 7) is 2.99. The molecular formula is C19H26N4O2. The van der Waals surface area contributed by atoms with Crippen LogP contribution < -0.4 is 5.73 Å². The molecule has 1 unspecified atom stereocenters. The minimum absolute atomic E-state index is 0.0375. The summed E-state index contributed by atoms with van der Waals surface area (Å²) in [6, 6.07) is 9.64. The number of carbonyl (C=O) groups excluding carboxylic acids is 1. The molecule has 0 saturated carbocycles. The molecule has 3 rings (SSSR count). The Hall–Kier alpha value is -2.18. The molecule has 25 heavy (non-hydrogen) atoms. The Kier molecular flexibility index (Phi) is 5.83. The third-order valence-electron chi connectivity index (χ3n) is 4.57. The summed E-state index contributed by atoms with van der Waals surface area (Å²) in [5, 5.41) is 0. The third-order valence-corrected chi connectivity index (χ3v) is 4.57. The van der Waals surface area contributed by atoms with Crippen molar-refractivity contribution in [3.63, 3.8) is 0 Å². The second-order valence-corrected chi connectivity index (χ2v) is 6.78. The average molecular weight is 342 g/mol. The Morgan fingerprint density at radius 3 is 2.96 bits per heavy atom. The van der Waals surface area contributed by atoms with Gasteiger partial charge in [0.1, 0.15) is 0 Å². The van der Waals surface area contributed by atoms with Crippen molar-refractivity contribution < 1.29 is 9.53 Å². The summed E-state index contributed by atoms with van der Waals surface area (Å²) in [6.07, 6.45) is 5.22. The molecule has 2 aromatic rings. The maximum atomic E-state index is 12.5. The van der Waals surface area contributed by atoms with Crippen LogP contribution in [0.5, 0.6) is 0 Å². The standard InChI is InChI=1S/C19H26N4O2/c1-22(10-16-7-8-25-13-16)19(24)18(20)9-17-12-23(14-21-17)11-15-5-3-2-4-6-15/h2-6,12,14,16,18H,7-11,13,20H2,1H3/t16?,18-/m0/s1. The van der Waals surface area contributed by atoms with Crippen LogP contribution in [0.1, 0.15) is 17.7 Å². The Balaban J connectivity index is 1.51. The quantitative estimate of drug-likeness (QED) is 0.823. The number of likely N-dealkylation sites (N-methyl/N-ethyl adjacent to an activating group) is 1. The largest absolute Gasteiger partial charge is 0.381 e. The van der Waals surface area contributed by atoms with Gasteiger partial charge in [-0.2, -0.15) is 0 Å². The van der Waals surface area contributed by atoms with Crippen molar-refractivity contribution in [3.8, 4) is 0 Å². The van der Waals surface area contributed by atoms with Crippen molar-refractivity contribution >= 4 is 5.91 Å². The molecular weight excluding hydrogens is 316 g/mol. The van der Waals surface area contributed by atoms with Crippen molar-refractivity contribution in [2.45, 2.75) is 25.4 Å². The minimum atomic E-state index is -0.563. The Bertz CT molecular complexity index is 680. The van der Waals surface area contributed by atoms with Crippen molar-refractivity contribution in [3.05, 3.63) is 54.1 Å². The predicted molar refractivity (Wildman–Crippen MR) is 96.0 cm³/mol. The molecule has 134 valence electrons. The lowest BCUT2D eigenvalue weighted by Gasteiger charge is -2.23. The third kappa shape index (κ3) is 4.90. The van der Waals surface area contributed by atoms with Crippen molar-refractivity contribution in [1.29, 1.82) is 0 Å². The van der Waals surface area contributed by atoms with Gasteiger partial charge in [0.15, 0.2) is 0 Å². The van der Waals surface area contributed by atoms with Gasteiger partial charge >= 0.3 is 0 Å². The average Bonchev–Trinajstić information content (AvgIpc) is 3.27. The second kappa shape index (κ2) is 8.27. The van der Waals surface area contributed by atoms with Crippen LogP contribution >= 0.6 is 0 Å². The number of hydrogen-bond donors (Lipinski definition) is 1. The predicted octanol–water partition coefficient (Wildman–Crippen LogP) is 1.30. The van der Waals surface area contributed by atoms with E-state index in [1.807, 2.05) is 36.0 Å². The van der Waals surface area contributed by atoms with Crippen LogP contribution in [0.4, 0.5) is 0 Å². The lowest BCUT2D eigenvalue weighted by Crippen LogP contribution is -2.44. The van der Waals surface area contributed by atoms with Gasteiger partial charge < -0.3 is 19.9 Å². The van der Waals surface area contributed by atoms with E-state index in [2.05, 4.69) is 17.1 Å². The van der Waals surface area contributed by atoms with Gasteiger partial charge in [-0.15, -0.1) is 0 Å². The van der Waals surface area contributed by atoms with E-state index in [-0.39, 0.29) is 5.91 Å². The van der Waals surface area contributed by atoms with Crippen LogP contribution in [0.25, 0.3) is 0 Å². The van der Waals surface area contributed by atoms with Crippen LogP contribution in [0.2, 0.25) is 0 Å². The molecule has 1 aliphatic rings. The number of carbonyl (C=O) groups is 1. The first-order valence-corrected chi connectivity index (χ1v) is 8.74. The maximum absolute atomic E-state index is 12.5. The maximum Gasteiger partial charge on any atom is 0.239 e. The lowest BCUT2D eigenvalue weighted by molar-refractivity contribution is -0.131.